The van der Waals surface area contributed by atoms with Crippen molar-refractivity contribution < 1.29 is 22.4 Å². The summed E-state index contributed by atoms with van der Waals surface area (Å²) >= 11 is 0. The molecule has 0 aliphatic heterocycles. The van der Waals surface area contributed by atoms with Gasteiger partial charge in [0.1, 0.15) is 11.9 Å². The molecule has 3 rings (SSSR count). The molecule has 0 saturated carbocycles. The Bertz CT molecular complexity index is 1230. The molecule has 3 aromatic carbocycles. The summed E-state index contributed by atoms with van der Waals surface area (Å²) in [6, 6.07) is 18.5. The Morgan fingerprint density at radius 1 is 0.879 bits per heavy atom. The quantitative estimate of drug-likeness (QED) is 0.469. The first kappa shape index (κ1) is 24.1. The summed E-state index contributed by atoms with van der Waals surface area (Å²) in [7, 11) is -3.95. The van der Waals surface area contributed by atoms with Crippen LogP contribution in [0.3, 0.4) is 0 Å². The Morgan fingerprint density at radius 2 is 1.48 bits per heavy atom. The fourth-order valence-corrected chi connectivity index (χ4v) is 4.39. The lowest BCUT2D eigenvalue weighted by molar-refractivity contribution is -0.118. The number of sulfonamides is 1. The van der Waals surface area contributed by atoms with Gasteiger partial charge >= 0.3 is 0 Å². The van der Waals surface area contributed by atoms with Crippen LogP contribution in [0.25, 0.3) is 0 Å². The SMILES string of the molecule is CC(C)NS(=O)(=O)c1ccc(F)c(C(=O)NC(C(=O)Nc2ccccc2)c2ccccc2)c1. The van der Waals surface area contributed by atoms with Crippen molar-refractivity contribution in [1.29, 1.82) is 0 Å². The van der Waals surface area contributed by atoms with Gasteiger partial charge < -0.3 is 10.6 Å². The van der Waals surface area contributed by atoms with E-state index < -0.39 is 39.3 Å². The number of carbonyl (C=O) groups excluding carboxylic acids is 2. The largest absolute Gasteiger partial charge is 0.336 e. The Hall–Kier alpha value is -3.56. The highest BCUT2D eigenvalue weighted by molar-refractivity contribution is 7.89. The second kappa shape index (κ2) is 10.4. The van der Waals surface area contributed by atoms with E-state index in [0.29, 0.717) is 11.3 Å². The molecule has 0 bridgehead atoms. The summed E-state index contributed by atoms with van der Waals surface area (Å²) in [4.78, 5) is 25.7. The minimum absolute atomic E-state index is 0.257. The van der Waals surface area contributed by atoms with E-state index in [1.165, 1.54) is 0 Å². The molecule has 33 heavy (non-hydrogen) atoms. The maximum Gasteiger partial charge on any atom is 0.255 e. The monoisotopic (exact) mass is 469 g/mol. The van der Waals surface area contributed by atoms with E-state index in [-0.39, 0.29) is 10.9 Å². The second-order valence-corrected chi connectivity index (χ2v) is 9.30. The number of halogens is 1. The fraction of sp³-hybridized carbons (Fsp3) is 0.167. The van der Waals surface area contributed by atoms with Crippen molar-refractivity contribution >= 4 is 27.5 Å². The molecule has 9 heteroatoms. The number of hydrogen-bond acceptors (Lipinski definition) is 4. The van der Waals surface area contributed by atoms with Gasteiger partial charge in [0.25, 0.3) is 11.8 Å². The molecule has 0 spiro atoms. The summed E-state index contributed by atoms with van der Waals surface area (Å²) in [6.07, 6.45) is 0. The van der Waals surface area contributed by atoms with E-state index in [1.807, 2.05) is 0 Å². The van der Waals surface area contributed by atoms with Crippen LogP contribution in [0.5, 0.6) is 0 Å². The van der Waals surface area contributed by atoms with Crippen molar-refractivity contribution in [3.8, 4) is 0 Å². The normalized spacial score (nSPS) is 12.2. The van der Waals surface area contributed by atoms with Crippen molar-refractivity contribution in [3.05, 3.63) is 95.8 Å². The van der Waals surface area contributed by atoms with Gasteiger partial charge in [0.15, 0.2) is 0 Å². The smallest absolute Gasteiger partial charge is 0.255 e. The van der Waals surface area contributed by atoms with E-state index >= 15 is 0 Å². The number of para-hydroxylation sites is 1. The van der Waals surface area contributed by atoms with Gasteiger partial charge in [0.2, 0.25) is 10.0 Å². The maximum absolute atomic E-state index is 14.5. The molecule has 0 aromatic heterocycles. The standard InChI is InChI=1S/C24H24FN3O4S/c1-16(2)28-33(31,32)19-13-14-21(25)20(15-19)23(29)27-22(17-9-5-3-6-10-17)24(30)26-18-11-7-4-8-12-18/h3-16,22,28H,1-2H3,(H,26,30)(H,27,29). The molecular formula is C24H24FN3O4S. The third-order valence-corrected chi connectivity index (χ3v) is 6.25. The number of hydrogen-bond donors (Lipinski definition) is 3. The van der Waals surface area contributed by atoms with Crippen LogP contribution < -0.4 is 15.4 Å². The van der Waals surface area contributed by atoms with Crippen LogP contribution in [0.4, 0.5) is 10.1 Å². The lowest BCUT2D eigenvalue weighted by Crippen LogP contribution is -2.37. The van der Waals surface area contributed by atoms with Crippen LogP contribution in [0.15, 0.2) is 83.8 Å². The van der Waals surface area contributed by atoms with Gasteiger partial charge in [-0.05, 0) is 49.7 Å². The van der Waals surface area contributed by atoms with E-state index in [9.17, 15) is 22.4 Å². The Balaban J connectivity index is 1.91. The summed E-state index contributed by atoms with van der Waals surface area (Å²) in [5.41, 5.74) is 0.511. The fourth-order valence-electron chi connectivity index (χ4n) is 3.11. The molecular weight excluding hydrogens is 445 g/mol. The van der Waals surface area contributed by atoms with Gasteiger partial charge in [-0.2, -0.15) is 0 Å². The summed E-state index contributed by atoms with van der Waals surface area (Å²) in [5, 5.41) is 5.24. The number of nitrogens with one attached hydrogen (secondary N) is 3. The number of rotatable bonds is 8. The number of benzene rings is 3. The Kier molecular flexibility index (Phi) is 7.57. The topological polar surface area (TPSA) is 104 Å². The van der Waals surface area contributed by atoms with Crippen LogP contribution in [-0.2, 0) is 14.8 Å². The number of anilines is 1. The zero-order chi connectivity index (χ0) is 24.0. The zero-order valence-electron chi connectivity index (χ0n) is 18.1. The van der Waals surface area contributed by atoms with Gasteiger partial charge in [-0.15, -0.1) is 0 Å². The molecule has 1 unspecified atom stereocenters. The van der Waals surface area contributed by atoms with Crippen LogP contribution in [0.1, 0.15) is 35.8 Å². The molecule has 0 aliphatic carbocycles. The maximum atomic E-state index is 14.5. The molecule has 0 aliphatic rings. The predicted octanol–water partition coefficient (Wildman–Crippen LogP) is 3.62. The third-order valence-electron chi connectivity index (χ3n) is 4.60. The van der Waals surface area contributed by atoms with Crippen LogP contribution in [0, 0.1) is 5.82 Å². The molecule has 7 nitrogen and oxygen atoms in total. The van der Waals surface area contributed by atoms with E-state index in [2.05, 4.69) is 15.4 Å². The third kappa shape index (κ3) is 6.24. The van der Waals surface area contributed by atoms with Crippen LogP contribution in [0.2, 0.25) is 0 Å². The minimum atomic E-state index is -3.95. The molecule has 0 radical (unpaired) electrons. The molecule has 0 fully saturated rings. The molecule has 172 valence electrons. The van der Waals surface area contributed by atoms with Gasteiger partial charge in [-0.1, -0.05) is 48.5 Å². The van der Waals surface area contributed by atoms with E-state index in [1.54, 1.807) is 74.5 Å². The zero-order valence-corrected chi connectivity index (χ0v) is 18.9. The first-order chi connectivity index (χ1) is 15.7. The molecule has 1 atom stereocenters. The van der Waals surface area contributed by atoms with E-state index in [4.69, 9.17) is 0 Å². The average Bonchev–Trinajstić information content (AvgIpc) is 2.77. The van der Waals surface area contributed by atoms with Crippen molar-refractivity contribution in [3.63, 3.8) is 0 Å². The molecule has 3 aromatic rings. The molecule has 0 saturated heterocycles. The van der Waals surface area contributed by atoms with Gasteiger partial charge in [-0.25, -0.2) is 17.5 Å². The number of carbonyl (C=O) groups is 2. The van der Waals surface area contributed by atoms with Crippen LogP contribution in [-0.4, -0.2) is 26.3 Å². The molecule has 2 amide bonds. The Labute approximate surface area is 192 Å². The lowest BCUT2D eigenvalue weighted by Gasteiger charge is -2.19. The van der Waals surface area contributed by atoms with E-state index in [0.717, 1.165) is 18.2 Å². The van der Waals surface area contributed by atoms with Gasteiger partial charge in [0, 0.05) is 11.7 Å². The highest BCUT2D eigenvalue weighted by atomic mass is 32.2. The van der Waals surface area contributed by atoms with Gasteiger partial charge in [0.05, 0.1) is 10.5 Å². The summed E-state index contributed by atoms with van der Waals surface area (Å²) in [6.45, 7) is 3.29. The molecule has 0 heterocycles. The minimum Gasteiger partial charge on any atom is -0.336 e. The van der Waals surface area contributed by atoms with Crippen molar-refractivity contribution in [1.82, 2.24) is 10.0 Å². The highest BCUT2D eigenvalue weighted by Gasteiger charge is 2.26. The second-order valence-electron chi connectivity index (χ2n) is 7.59. The first-order valence-corrected chi connectivity index (χ1v) is 11.7. The van der Waals surface area contributed by atoms with Gasteiger partial charge in [-0.3, -0.25) is 9.59 Å². The highest BCUT2D eigenvalue weighted by Crippen LogP contribution is 2.20. The molecule has 3 N–H and O–H groups in total. The van der Waals surface area contributed by atoms with Crippen molar-refractivity contribution in [2.24, 2.45) is 0 Å². The Morgan fingerprint density at radius 3 is 2.09 bits per heavy atom. The predicted molar refractivity (Wildman–Crippen MR) is 124 cm³/mol. The summed E-state index contributed by atoms with van der Waals surface area (Å²) in [5.74, 6) is -2.37. The lowest BCUT2D eigenvalue weighted by atomic mass is 10.0. The summed E-state index contributed by atoms with van der Waals surface area (Å²) < 4.78 is 41.8. The van der Waals surface area contributed by atoms with Crippen molar-refractivity contribution in [2.75, 3.05) is 5.32 Å². The first-order valence-electron chi connectivity index (χ1n) is 10.2. The van der Waals surface area contributed by atoms with Crippen molar-refractivity contribution in [2.45, 2.75) is 30.8 Å². The average molecular weight is 470 g/mol. The number of amides is 2. The van der Waals surface area contributed by atoms with Crippen LogP contribution >= 0.6 is 0 Å².